The van der Waals surface area contributed by atoms with Gasteiger partial charge in [0, 0.05) is 69.3 Å². The topological polar surface area (TPSA) is 164 Å². The minimum Gasteiger partial charge on any atom is -0.481 e. The SMILES string of the molecule is CC[C@H]1c2cc3[nH]c(c(CC(=O)OC)c4nc(cc5[nH]c(cc(n2)[C@@H]1C)c(C(C)=O)c5C)[C@@H](C)[C@@H]4CCC(=O)O)c(C(=O)OC)c3C. The smallest absolute Gasteiger partial charge is 0.340 e. The van der Waals surface area contributed by atoms with Crippen molar-refractivity contribution in [3.63, 3.8) is 0 Å². The summed E-state index contributed by atoms with van der Waals surface area (Å²) in [5.74, 6) is -2.69. The second-order valence-electron chi connectivity index (χ2n) is 12.6. The van der Waals surface area contributed by atoms with Gasteiger partial charge in [-0.05, 0) is 62.9 Å². The first-order valence-electron chi connectivity index (χ1n) is 16.0. The number of carbonyl (C=O) groups excluding carboxylic acids is 3. The number of aryl methyl sites for hydroxylation is 2. The van der Waals surface area contributed by atoms with Gasteiger partial charge in [0.05, 0.1) is 42.9 Å². The van der Waals surface area contributed by atoms with E-state index in [1.807, 2.05) is 39.0 Å². The zero-order chi connectivity index (χ0) is 34.3. The van der Waals surface area contributed by atoms with Gasteiger partial charge >= 0.3 is 17.9 Å². The number of carboxylic acid groups (broad SMARTS) is 1. The lowest BCUT2D eigenvalue weighted by molar-refractivity contribution is -0.140. The first kappa shape index (κ1) is 33.6. The number of aliphatic carboxylic acids is 1. The first-order valence-corrected chi connectivity index (χ1v) is 16.0. The van der Waals surface area contributed by atoms with Gasteiger partial charge in [0.25, 0.3) is 0 Å². The van der Waals surface area contributed by atoms with Crippen molar-refractivity contribution >= 4 is 45.8 Å². The number of nitrogens with one attached hydrogen (secondary N) is 2. The molecule has 0 amide bonds. The molecular weight excluding hydrogens is 600 g/mol. The van der Waals surface area contributed by atoms with Crippen LogP contribution in [0.1, 0.15) is 131 Å². The molecule has 3 N–H and O–H groups in total. The van der Waals surface area contributed by atoms with Crippen LogP contribution in [0.3, 0.4) is 0 Å². The van der Waals surface area contributed by atoms with Crippen LogP contribution in [0.15, 0.2) is 18.2 Å². The molecule has 0 radical (unpaired) electrons. The van der Waals surface area contributed by atoms with Crippen molar-refractivity contribution in [3.8, 4) is 0 Å². The van der Waals surface area contributed by atoms with E-state index in [0.29, 0.717) is 50.1 Å². The molecular formula is C36H42N4O7. The number of carbonyl (C=O) groups is 4. The number of aromatic nitrogens is 4. The van der Waals surface area contributed by atoms with Crippen molar-refractivity contribution < 1.29 is 33.8 Å². The van der Waals surface area contributed by atoms with Crippen molar-refractivity contribution in [2.24, 2.45) is 0 Å². The van der Waals surface area contributed by atoms with Crippen LogP contribution in [0.2, 0.25) is 0 Å². The fourth-order valence-electron chi connectivity index (χ4n) is 7.20. The largest absolute Gasteiger partial charge is 0.481 e. The number of methoxy groups -OCH3 is 2. The highest BCUT2D eigenvalue weighted by molar-refractivity contribution is 6.05. The fourth-order valence-corrected chi connectivity index (χ4v) is 7.20. The van der Waals surface area contributed by atoms with Crippen LogP contribution in [0.4, 0.5) is 0 Å². The van der Waals surface area contributed by atoms with Crippen molar-refractivity contribution in [1.82, 2.24) is 19.9 Å². The van der Waals surface area contributed by atoms with Gasteiger partial charge in [-0.25, -0.2) is 4.79 Å². The maximum atomic E-state index is 13.4. The summed E-state index contributed by atoms with van der Waals surface area (Å²) in [5, 5.41) is 9.64. The maximum absolute atomic E-state index is 13.4. The van der Waals surface area contributed by atoms with Gasteiger partial charge in [-0.3, -0.25) is 24.4 Å². The van der Waals surface area contributed by atoms with E-state index in [-0.39, 0.29) is 48.4 Å². The standard InChI is InChI=1S/C36H42N4O7/c1-9-21-16(2)24-15-29-32(20(6)41)18(4)26(38-29)13-25-17(3)22(10-11-30(42)43)34(39-25)23(12-31(44)46-7)35-33(36(45)47-8)19(5)27(40-35)14-28(21)37-24/h13-17,21-22,38,40H,9-12H2,1-8H3,(H,42,43)/t16-,17+,21-,22+/m1/s1. The summed E-state index contributed by atoms with van der Waals surface area (Å²) in [5.41, 5.74) is 7.82. The number of Topliss-reactive ketones (excluding diaryl/α,β-unsaturated/α-hetero) is 1. The molecule has 0 unspecified atom stereocenters. The van der Waals surface area contributed by atoms with Crippen LogP contribution in [-0.2, 0) is 25.5 Å². The summed E-state index contributed by atoms with van der Waals surface area (Å²) in [7, 11) is 2.59. The second kappa shape index (κ2) is 13.1. The Morgan fingerprint density at radius 3 is 2.04 bits per heavy atom. The van der Waals surface area contributed by atoms with E-state index in [0.717, 1.165) is 23.4 Å². The van der Waals surface area contributed by atoms with Crippen LogP contribution in [0, 0.1) is 13.8 Å². The number of fused-ring (bicyclic) bond motifs is 8. The summed E-state index contributed by atoms with van der Waals surface area (Å²) in [6.45, 7) is 11.4. The fraction of sp³-hybridized carbons (Fsp3) is 0.444. The quantitative estimate of drug-likeness (QED) is 0.179. The number of hydrogen-bond acceptors (Lipinski definition) is 8. The van der Waals surface area contributed by atoms with E-state index < -0.39 is 23.8 Å². The van der Waals surface area contributed by atoms with E-state index >= 15 is 0 Å². The number of nitrogens with zero attached hydrogens (tertiary/aromatic N) is 2. The van der Waals surface area contributed by atoms with Crippen LogP contribution >= 0.6 is 0 Å². The van der Waals surface area contributed by atoms with E-state index in [1.165, 1.54) is 14.2 Å². The average Bonchev–Trinajstić information content (AvgIpc) is 3.71. The third-order valence-electron chi connectivity index (χ3n) is 9.87. The molecule has 0 fully saturated rings. The highest BCUT2D eigenvalue weighted by atomic mass is 16.5. The predicted molar refractivity (Wildman–Crippen MR) is 177 cm³/mol. The van der Waals surface area contributed by atoms with Gasteiger partial charge in [0.15, 0.2) is 5.78 Å². The number of rotatable bonds is 8. The number of ether oxygens (including phenoxy) is 2. The Hall–Kier alpha value is -4.80. The Morgan fingerprint density at radius 1 is 0.830 bits per heavy atom. The monoisotopic (exact) mass is 642 g/mol. The Morgan fingerprint density at radius 2 is 1.43 bits per heavy atom. The molecule has 248 valence electrons. The number of carboxylic acids is 1. The molecule has 0 saturated heterocycles. The maximum Gasteiger partial charge on any atom is 0.340 e. The Kier molecular flexibility index (Phi) is 9.38. The van der Waals surface area contributed by atoms with E-state index in [4.69, 9.17) is 19.4 Å². The van der Waals surface area contributed by atoms with E-state index in [2.05, 4.69) is 23.8 Å². The highest BCUT2D eigenvalue weighted by Gasteiger charge is 2.34. The zero-order valence-electron chi connectivity index (χ0n) is 28.2. The first-order chi connectivity index (χ1) is 22.3. The number of ketones is 1. The van der Waals surface area contributed by atoms with Crippen LogP contribution in [-0.4, -0.2) is 63.0 Å². The Balaban J connectivity index is 2.04. The van der Waals surface area contributed by atoms with E-state index in [1.54, 1.807) is 6.92 Å². The molecule has 2 aliphatic heterocycles. The van der Waals surface area contributed by atoms with Crippen LogP contribution < -0.4 is 0 Å². The van der Waals surface area contributed by atoms with E-state index in [9.17, 15) is 24.3 Å². The van der Waals surface area contributed by atoms with Crippen molar-refractivity contribution in [3.05, 3.63) is 68.8 Å². The predicted octanol–water partition coefficient (Wildman–Crippen LogP) is 6.69. The summed E-state index contributed by atoms with van der Waals surface area (Å²) < 4.78 is 10.3. The van der Waals surface area contributed by atoms with Crippen molar-refractivity contribution in [2.75, 3.05) is 14.2 Å². The molecule has 11 heteroatoms. The van der Waals surface area contributed by atoms with Gasteiger partial charge in [-0.1, -0.05) is 20.8 Å². The molecule has 5 rings (SSSR count). The van der Waals surface area contributed by atoms with Crippen LogP contribution in [0.25, 0.3) is 22.1 Å². The molecule has 8 bridgehead atoms. The van der Waals surface area contributed by atoms with Crippen molar-refractivity contribution in [1.29, 1.82) is 0 Å². The Bertz CT molecular complexity index is 1950. The molecule has 4 atom stereocenters. The third kappa shape index (κ3) is 6.06. The molecule has 5 heterocycles. The lowest BCUT2D eigenvalue weighted by atomic mass is 9.85. The number of hydrogen-bond donors (Lipinski definition) is 3. The number of aromatic amines is 2. The average molecular weight is 643 g/mol. The molecule has 0 spiro atoms. The lowest BCUT2D eigenvalue weighted by Gasteiger charge is -2.17. The molecule has 0 saturated carbocycles. The normalized spacial score (nSPS) is 19.0. The van der Waals surface area contributed by atoms with Gasteiger partial charge in [-0.15, -0.1) is 0 Å². The second-order valence-corrected chi connectivity index (χ2v) is 12.6. The number of esters is 2. The summed E-state index contributed by atoms with van der Waals surface area (Å²) in [6, 6.07) is 5.77. The summed E-state index contributed by atoms with van der Waals surface area (Å²) >= 11 is 0. The molecule has 47 heavy (non-hydrogen) atoms. The molecule has 2 aliphatic rings. The molecule has 0 aliphatic carbocycles. The molecule has 0 aromatic carbocycles. The zero-order valence-corrected chi connectivity index (χ0v) is 28.2. The van der Waals surface area contributed by atoms with Crippen molar-refractivity contribution in [2.45, 2.75) is 90.9 Å². The van der Waals surface area contributed by atoms with Gasteiger partial charge < -0.3 is 24.5 Å². The minimum atomic E-state index is -0.954. The minimum absolute atomic E-state index is 0.0556. The summed E-state index contributed by atoms with van der Waals surface area (Å²) in [4.78, 5) is 68.1. The molecule has 3 aromatic heterocycles. The van der Waals surface area contributed by atoms with Gasteiger partial charge in [0.2, 0.25) is 0 Å². The Labute approximate surface area is 273 Å². The third-order valence-corrected chi connectivity index (χ3v) is 9.87. The molecule has 3 aromatic rings. The van der Waals surface area contributed by atoms with Crippen LogP contribution in [0.5, 0.6) is 0 Å². The summed E-state index contributed by atoms with van der Waals surface area (Å²) in [6.07, 6.45) is 0.718. The van der Waals surface area contributed by atoms with Gasteiger partial charge in [-0.2, -0.15) is 0 Å². The highest BCUT2D eigenvalue weighted by Crippen LogP contribution is 2.43. The number of H-pyrrole nitrogens is 2. The van der Waals surface area contributed by atoms with Gasteiger partial charge in [0.1, 0.15) is 0 Å². The lowest BCUT2D eigenvalue weighted by Crippen LogP contribution is -2.12. The molecule has 11 nitrogen and oxygen atoms in total.